The minimum absolute atomic E-state index is 0.139. The molecule has 0 radical (unpaired) electrons. The number of piperazine rings is 1. The molecule has 1 saturated heterocycles. The number of H-pyrrole nitrogens is 1. The molecule has 6 nitrogen and oxygen atoms in total. The van der Waals surface area contributed by atoms with E-state index in [2.05, 4.69) is 20.9 Å². The van der Waals surface area contributed by atoms with Crippen LogP contribution in [0.2, 0.25) is 0 Å². The lowest BCUT2D eigenvalue weighted by atomic mass is 10.2. The predicted octanol–water partition coefficient (Wildman–Crippen LogP) is 0.0652. The summed E-state index contributed by atoms with van der Waals surface area (Å²) in [6.07, 6.45) is 1.94. The summed E-state index contributed by atoms with van der Waals surface area (Å²) in [4.78, 5) is 18.8. The Hall–Kier alpha value is -2.60. The molecule has 0 amide bonds. The van der Waals surface area contributed by atoms with Crippen LogP contribution in [-0.2, 0) is 0 Å². The molecule has 0 saturated carbocycles. The van der Waals surface area contributed by atoms with Gasteiger partial charge in [0.15, 0.2) is 0 Å². The molecular weight excluding hydrogens is 306 g/mol. The van der Waals surface area contributed by atoms with Gasteiger partial charge in [0.05, 0.1) is 25.3 Å². The molecule has 1 aromatic heterocycles. The molecule has 6 heteroatoms. The Bertz CT molecular complexity index is 670. The van der Waals surface area contributed by atoms with Gasteiger partial charge < -0.3 is 14.6 Å². The van der Waals surface area contributed by atoms with Crippen LogP contribution in [0, 0.1) is 0 Å². The second-order valence-electron chi connectivity index (χ2n) is 5.74. The minimum Gasteiger partial charge on any atom is -0.545 e. The van der Waals surface area contributed by atoms with Gasteiger partial charge in [-0.2, -0.15) is 0 Å². The van der Waals surface area contributed by atoms with E-state index in [9.17, 15) is 9.90 Å². The molecule has 2 heterocycles. The van der Waals surface area contributed by atoms with Crippen molar-refractivity contribution in [3.63, 3.8) is 0 Å². The second-order valence-corrected chi connectivity index (χ2v) is 5.74. The van der Waals surface area contributed by atoms with Crippen LogP contribution < -0.4 is 19.7 Å². The molecular formula is C18H21N3O3. The number of carbonyl (C=O) groups is 1. The second kappa shape index (κ2) is 7.79. The Morgan fingerprint density at radius 3 is 2.67 bits per heavy atom. The molecule has 0 bridgehead atoms. The van der Waals surface area contributed by atoms with E-state index < -0.39 is 5.97 Å². The first kappa shape index (κ1) is 16.3. The highest BCUT2D eigenvalue weighted by Gasteiger charge is 2.22. The van der Waals surface area contributed by atoms with Gasteiger partial charge in [-0.1, -0.05) is 18.2 Å². The normalized spacial score (nSPS) is 15.2. The predicted molar refractivity (Wildman–Crippen MR) is 87.9 cm³/mol. The van der Waals surface area contributed by atoms with E-state index in [1.54, 1.807) is 12.1 Å². The summed E-state index contributed by atoms with van der Waals surface area (Å²) < 4.78 is 5.66. The number of hydrogen-bond acceptors (Lipinski definition) is 5. The summed E-state index contributed by atoms with van der Waals surface area (Å²) in [5, 5.41) is 10.8. The Morgan fingerprint density at radius 2 is 1.96 bits per heavy atom. The van der Waals surface area contributed by atoms with E-state index >= 15 is 0 Å². The fourth-order valence-corrected chi connectivity index (χ4v) is 2.80. The molecule has 0 aliphatic carbocycles. The maximum atomic E-state index is 10.8. The molecule has 1 aromatic carbocycles. The van der Waals surface area contributed by atoms with Crippen LogP contribution in [0.15, 0.2) is 48.7 Å². The smallest absolute Gasteiger partial charge is 0.274 e. The van der Waals surface area contributed by atoms with E-state index in [1.807, 2.05) is 18.3 Å². The zero-order valence-corrected chi connectivity index (χ0v) is 13.5. The van der Waals surface area contributed by atoms with Crippen molar-refractivity contribution in [1.82, 2.24) is 4.90 Å². The highest BCUT2D eigenvalue weighted by molar-refractivity contribution is 5.86. The van der Waals surface area contributed by atoms with Crippen LogP contribution in [0.5, 0.6) is 5.75 Å². The third kappa shape index (κ3) is 4.23. The van der Waals surface area contributed by atoms with Gasteiger partial charge in [-0.3, -0.25) is 9.80 Å². The number of aromatic nitrogens is 1. The van der Waals surface area contributed by atoms with E-state index in [-0.39, 0.29) is 5.56 Å². The van der Waals surface area contributed by atoms with Crippen molar-refractivity contribution in [3.8, 4) is 5.75 Å². The Labute approximate surface area is 141 Å². The van der Waals surface area contributed by atoms with Gasteiger partial charge in [0, 0.05) is 31.3 Å². The minimum atomic E-state index is -1.19. The topological polar surface area (TPSA) is 70.0 Å². The lowest BCUT2D eigenvalue weighted by Crippen LogP contribution is -2.48. The van der Waals surface area contributed by atoms with Gasteiger partial charge in [0.25, 0.3) is 5.82 Å². The summed E-state index contributed by atoms with van der Waals surface area (Å²) in [6, 6.07) is 12.5. The molecule has 24 heavy (non-hydrogen) atoms. The van der Waals surface area contributed by atoms with Crippen LogP contribution in [0.3, 0.4) is 0 Å². The number of aromatic carboxylic acids is 1. The highest BCUT2D eigenvalue weighted by Crippen LogP contribution is 2.13. The number of anilines is 1. The Kier molecular flexibility index (Phi) is 5.28. The van der Waals surface area contributed by atoms with E-state index in [1.165, 1.54) is 12.1 Å². The van der Waals surface area contributed by atoms with Crippen LogP contribution in [0.25, 0.3) is 0 Å². The first-order chi connectivity index (χ1) is 11.7. The fraction of sp³-hybridized carbons (Fsp3) is 0.333. The monoisotopic (exact) mass is 327 g/mol. The van der Waals surface area contributed by atoms with Crippen LogP contribution in [0.4, 0.5) is 5.82 Å². The molecule has 1 fully saturated rings. The van der Waals surface area contributed by atoms with Gasteiger partial charge in [-0.05, 0) is 18.2 Å². The zero-order chi connectivity index (χ0) is 16.8. The van der Waals surface area contributed by atoms with Gasteiger partial charge >= 0.3 is 0 Å². The van der Waals surface area contributed by atoms with E-state index in [4.69, 9.17) is 4.74 Å². The molecule has 1 aliphatic heterocycles. The Balaban J connectivity index is 1.42. The lowest BCUT2D eigenvalue weighted by Gasteiger charge is -2.30. The van der Waals surface area contributed by atoms with Gasteiger partial charge in [0.2, 0.25) is 0 Å². The third-order valence-electron chi connectivity index (χ3n) is 4.15. The number of rotatable bonds is 6. The van der Waals surface area contributed by atoms with Gasteiger partial charge in [0.1, 0.15) is 12.4 Å². The van der Waals surface area contributed by atoms with Crippen LogP contribution in [0.1, 0.15) is 10.4 Å². The number of aromatic amines is 1. The van der Waals surface area contributed by atoms with Crippen molar-refractivity contribution in [2.75, 3.05) is 44.2 Å². The summed E-state index contributed by atoms with van der Waals surface area (Å²) in [5.74, 6) is 0.524. The number of carbonyl (C=O) groups excluding carboxylic acids is 1. The van der Waals surface area contributed by atoms with Crippen LogP contribution >= 0.6 is 0 Å². The van der Waals surface area contributed by atoms with E-state index in [0.29, 0.717) is 12.4 Å². The molecule has 3 rings (SSSR count). The number of ether oxygens (including phenoxy) is 1. The number of hydrogen-bond donors (Lipinski definition) is 0. The highest BCUT2D eigenvalue weighted by atomic mass is 16.5. The summed E-state index contributed by atoms with van der Waals surface area (Å²) in [7, 11) is 0. The van der Waals surface area contributed by atoms with Gasteiger partial charge in [-0.15, -0.1) is 0 Å². The van der Waals surface area contributed by atoms with Crippen molar-refractivity contribution in [2.45, 2.75) is 0 Å². The SMILES string of the molecule is O=C([O-])c1cccc(OCCN2CCN(c3cccc[nH+]3)CC2)c1. The number of nitrogens with one attached hydrogen (secondary N) is 1. The van der Waals surface area contributed by atoms with Crippen LogP contribution in [-0.4, -0.2) is 50.2 Å². The fourth-order valence-electron chi connectivity index (χ4n) is 2.80. The largest absolute Gasteiger partial charge is 0.545 e. The number of carboxylic acids is 1. The first-order valence-electron chi connectivity index (χ1n) is 8.10. The third-order valence-corrected chi connectivity index (χ3v) is 4.15. The molecule has 126 valence electrons. The average molecular weight is 327 g/mol. The standard InChI is InChI=1S/C18H21N3O3/c22-18(23)15-4-3-5-16(14-15)24-13-12-20-8-10-21(11-9-20)17-6-1-2-7-19-17/h1-7,14H,8-13H2,(H,22,23). The number of carboxylic acid groups (broad SMARTS) is 1. The van der Waals surface area contributed by atoms with Crippen molar-refractivity contribution < 1.29 is 19.6 Å². The lowest BCUT2D eigenvalue weighted by molar-refractivity contribution is -0.364. The van der Waals surface area contributed by atoms with Gasteiger partial charge in [-0.25, -0.2) is 4.98 Å². The molecule has 2 aromatic rings. The maximum Gasteiger partial charge on any atom is 0.274 e. The molecule has 0 spiro atoms. The summed E-state index contributed by atoms with van der Waals surface area (Å²) in [6.45, 7) is 5.26. The molecule has 0 unspecified atom stereocenters. The maximum absolute atomic E-state index is 10.8. The Morgan fingerprint density at radius 1 is 1.12 bits per heavy atom. The van der Waals surface area contributed by atoms with Crippen molar-refractivity contribution in [3.05, 3.63) is 54.2 Å². The molecule has 1 N–H and O–H groups in total. The summed E-state index contributed by atoms with van der Waals surface area (Å²) >= 11 is 0. The van der Waals surface area contributed by atoms with Crippen molar-refractivity contribution in [2.24, 2.45) is 0 Å². The first-order valence-corrected chi connectivity index (χ1v) is 8.10. The quantitative estimate of drug-likeness (QED) is 0.751. The molecule has 0 atom stereocenters. The summed E-state index contributed by atoms with van der Waals surface area (Å²) in [5.41, 5.74) is 0.139. The van der Waals surface area contributed by atoms with E-state index in [0.717, 1.165) is 38.5 Å². The van der Waals surface area contributed by atoms with Crippen molar-refractivity contribution in [1.29, 1.82) is 0 Å². The number of benzene rings is 1. The number of pyridine rings is 1. The zero-order valence-electron chi connectivity index (χ0n) is 13.5. The number of nitrogens with zero attached hydrogens (tertiary/aromatic N) is 2. The average Bonchev–Trinajstić information content (AvgIpc) is 2.63. The van der Waals surface area contributed by atoms with Crippen molar-refractivity contribution >= 4 is 11.8 Å². The molecule has 1 aliphatic rings.